The third-order valence-corrected chi connectivity index (χ3v) is 4.83. The topological polar surface area (TPSA) is 17.8 Å². The number of thiol groups is 1. The molecule has 0 saturated heterocycles. The molecule has 0 saturated carbocycles. The first-order valence-corrected chi connectivity index (χ1v) is 9.08. The average molecular weight is 301 g/mol. The summed E-state index contributed by atoms with van der Waals surface area (Å²) in [6, 6.07) is 0. The fourth-order valence-corrected chi connectivity index (χ4v) is 3.28. The second kappa shape index (κ2) is 11.7. The molecule has 1 aromatic rings. The molecule has 2 nitrogen and oxygen atoms in total. The van der Waals surface area contributed by atoms with Crippen molar-refractivity contribution in [3.63, 3.8) is 0 Å². The Kier molecular flexibility index (Phi) is 10.5. The predicted octanol–water partition coefficient (Wildman–Crippen LogP) is 5.59. The molecule has 0 fully saturated rings. The Labute approximate surface area is 128 Å². The number of hydrogen-bond acceptors (Lipinski definition) is 3. The predicted molar refractivity (Wildman–Crippen MR) is 89.2 cm³/mol. The van der Waals surface area contributed by atoms with Crippen LogP contribution in [0.5, 0.6) is 0 Å². The van der Waals surface area contributed by atoms with Crippen LogP contribution in [0, 0.1) is 0 Å². The lowest BCUT2D eigenvalue weighted by atomic mass is 10.1. The van der Waals surface area contributed by atoms with E-state index in [9.17, 15) is 0 Å². The first-order chi connectivity index (χ1) is 9.34. The Morgan fingerprint density at radius 3 is 2.11 bits per heavy atom. The molecule has 0 radical (unpaired) electrons. The van der Waals surface area contributed by atoms with E-state index in [0.29, 0.717) is 0 Å². The molecule has 0 aliphatic carbocycles. The van der Waals surface area contributed by atoms with Crippen LogP contribution in [-0.2, 0) is 0 Å². The molecule has 1 aromatic heterocycles. The van der Waals surface area contributed by atoms with Crippen LogP contribution in [0.15, 0.2) is 17.6 Å². The van der Waals surface area contributed by atoms with Gasteiger partial charge in [0, 0.05) is 18.1 Å². The van der Waals surface area contributed by atoms with Crippen molar-refractivity contribution in [3.8, 4) is 0 Å². The normalized spacial score (nSPS) is 11.1. The molecule has 0 N–H and O–H groups in total. The summed E-state index contributed by atoms with van der Waals surface area (Å²) >= 11 is 6.09. The molecule has 0 aliphatic heterocycles. The van der Waals surface area contributed by atoms with Gasteiger partial charge in [0.1, 0.15) is 0 Å². The molecule has 110 valence electrons. The molecule has 0 unspecified atom stereocenters. The molecular weight excluding hydrogens is 272 g/mol. The van der Waals surface area contributed by atoms with Crippen molar-refractivity contribution in [1.82, 2.24) is 8.96 Å². The zero-order chi connectivity index (χ0) is 13.8. The van der Waals surface area contributed by atoms with Gasteiger partial charge in [-0.2, -0.15) is 0 Å². The molecular formula is C15H28N2S2. The number of nitrogens with zero attached hydrogens (tertiary/aromatic N) is 2. The lowest BCUT2D eigenvalue weighted by Crippen LogP contribution is -1.87. The number of unbranched alkanes of at least 4 members (excludes halogenated alkanes) is 9. The maximum absolute atomic E-state index is 4.29. The molecule has 4 heteroatoms. The van der Waals surface area contributed by atoms with E-state index in [-0.39, 0.29) is 0 Å². The van der Waals surface area contributed by atoms with Crippen LogP contribution in [0.25, 0.3) is 0 Å². The molecule has 19 heavy (non-hydrogen) atoms. The van der Waals surface area contributed by atoms with Crippen molar-refractivity contribution in [2.24, 2.45) is 0 Å². The highest BCUT2D eigenvalue weighted by Crippen LogP contribution is 2.19. The van der Waals surface area contributed by atoms with E-state index in [4.69, 9.17) is 0 Å². The van der Waals surface area contributed by atoms with Crippen molar-refractivity contribution in [2.45, 2.75) is 76.3 Å². The van der Waals surface area contributed by atoms with Crippen LogP contribution < -0.4 is 0 Å². The second-order valence-corrected chi connectivity index (χ2v) is 6.58. The SMILES string of the molecule is CCCCCCCCCCCCSc1nccn1S. The van der Waals surface area contributed by atoms with Gasteiger partial charge in [0.05, 0.1) is 0 Å². The van der Waals surface area contributed by atoms with Gasteiger partial charge in [0.2, 0.25) is 0 Å². The van der Waals surface area contributed by atoms with Crippen LogP contribution in [0.4, 0.5) is 0 Å². The summed E-state index contributed by atoms with van der Waals surface area (Å²) in [6.45, 7) is 2.28. The van der Waals surface area contributed by atoms with E-state index in [0.717, 1.165) is 10.9 Å². The lowest BCUT2D eigenvalue weighted by Gasteiger charge is -2.02. The minimum absolute atomic E-state index is 1.01. The second-order valence-electron chi connectivity index (χ2n) is 5.08. The zero-order valence-corrected chi connectivity index (χ0v) is 13.9. The lowest BCUT2D eigenvalue weighted by molar-refractivity contribution is 0.563. The van der Waals surface area contributed by atoms with Crippen molar-refractivity contribution in [1.29, 1.82) is 0 Å². The summed E-state index contributed by atoms with van der Waals surface area (Å²) in [5, 5.41) is 1.01. The van der Waals surface area contributed by atoms with Crippen LogP contribution in [0.3, 0.4) is 0 Å². The zero-order valence-electron chi connectivity index (χ0n) is 12.2. The maximum atomic E-state index is 4.29. The maximum Gasteiger partial charge on any atom is 0.178 e. The standard InChI is InChI=1S/C15H28N2S2/c1-2-3-4-5-6-7-8-9-10-11-14-19-15-16-12-13-17(15)18/h12-13,18H,2-11,14H2,1H3. The third kappa shape index (κ3) is 8.64. The fourth-order valence-electron chi connectivity index (χ4n) is 2.14. The summed E-state index contributed by atoms with van der Waals surface area (Å²) in [4.78, 5) is 4.25. The number of aromatic nitrogens is 2. The Hall–Kier alpha value is -0.0900. The van der Waals surface area contributed by atoms with Crippen LogP contribution >= 0.6 is 24.6 Å². The van der Waals surface area contributed by atoms with E-state index in [1.807, 2.05) is 6.20 Å². The quantitative estimate of drug-likeness (QED) is 0.308. The van der Waals surface area contributed by atoms with Crippen LogP contribution in [0.2, 0.25) is 0 Å². The molecule has 1 heterocycles. The Morgan fingerprint density at radius 1 is 1.00 bits per heavy atom. The van der Waals surface area contributed by atoms with Gasteiger partial charge in [-0.25, -0.2) is 4.98 Å². The van der Waals surface area contributed by atoms with Crippen molar-refractivity contribution in [3.05, 3.63) is 12.4 Å². The van der Waals surface area contributed by atoms with E-state index < -0.39 is 0 Å². The minimum Gasteiger partial charge on any atom is -0.271 e. The number of thioether (sulfide) groups is 1. The monoisotopic (exact) mass is 300 g/mol. The highest BCUT2D eigenvalue weighted by molar-refractivity contribution is 7.99. The largest absolute Gasteiger partial charge is 0.271 e. The molecule has 1 rings (SSSR count). The Bertz CT molecular complexity index is 313. The minimum atomic E-state index is 1.01. The van der Waals surface area contributed by atoms with E-state index in [2.05, 4.69) is 24.7 Å². The third-order valence-electron chi connectivity index (χ3n) is 3.32. The Balaban J connectivity index is 1.80. The molecule has 0 bridgehead atoms. The smallest absolute Gasteiger partial charge is 0.178 e. The molecule has 0 atom stereocenters. The summed E-state index contributed by atoms with van der Waals surface area (Å²) < 4.78 is 1.79. The van der Waals surface area contributed by atoms with Crippen molar-refractivity contribution >= 4 is 24.6 Å². The van der Waals surface area contributed by atoms with Gasteiger partial charge in [-0.15, -0.1) is 0 Å². The van der Waals surface area contributed by atoms with Gasteiger partial charge in [-0.3, -0.25) is 3.97 Å². The van der Waals surface area contributed by atoms with E-state index in [1.54, 1.807) is 21.9 Å². The van der Waals surface area contributed by atoms with Crippen LogP contribution in [0.1, 0.15) is 71.1 Å². The summed E-state index contributed by atoms with van der Waals surface area (Å²) in [5.74, 6) is 1.16. The summed E-state index contributed by atoms with van der Waals surface area (Å²) in [7, 11) is 0. The summed E-state index contributed by atoms with van der Waals surface area (Å²) in [6.07, 6.45) is 17.6. The number of imidazole rings is 1. The van der Waals surface area contributed by atoms with Gasteiger partial charge in [0.15, 0.2) is 5.16 Å². The van der Waals surface area contributed by atoms with Gasteiger partial charge in [-0.05, 0) is 6.42 Å². The van der Waals surface area contributed by atoms with Gasteiger partial charge in [0.25, 0.3) is 0 Å². The van der Waals surface area contributed by atoms with E-state index in [1.165, 1.54) is 64.2 Å². The van der Waals surface area contributed by atoms with Crippen molar-refractivity contribution in [2.75, 3.05) is 5.75 Å². The highest BCUT2D eigenvalue weighted by Gasteiger charge is 1.99. The average Bonchev–Trinajstić information content (AvgIpc) is 2.82. The molecule has 0 aromatic carbocycles. The fraction of sp³-hybridized carbons (Fsp3) is 0.800. The molecule has 0 amide bonds. The van der Waals surface area contributed by atoms with Gasteiger partial charge < -0.3 is 0 Å². The number of rotatable bonds is 12. The first-order valence-electron chi connectivity index (χ1n) is 7.70. The Morgan fingerprint density at radius 2 is 1.58 bits per heavy atom. The summed E-state index contributed by atoms with van der Waals surface area (Å²) in [5.41, 5.74) is 0. The van der Waals surface area contributed by atoms with E-state index >= 15 is 0 Å². The van der Waals surface area contributed by atoms with Crippen LogP contribution in [-0.4, -0.2) is 14.7 Å². The number of hydrogen-bond donors (Lipinski definition) is 1. The first kappa shape index (κ1) is 17.0. The van der Waals surface area contributed by atoms with Gasteiger partial charge >= 0.3 is 0 Å². The van der Waals surface area contributed by atoms with Gasteiger partial charge in [-0.1, -0.05) is 89.3 Å². The van der Waals surface area contributed by atoms with Crippen molar-refractivity contribution < 1.29 is 0 Å². The molecule has 0 aliphatic rings. The highest BCUT2D eigenvalue weighted by atomic mass is 32.2. The molecule has 0 spiro atoms.